The number of esters is 2. The van der Waals surface area contributed by atoms with Gasteiger partial charge in [0.05, 0.1) is 6.04 Å². The molecule has 0 radical (unpaired) electrons. The number of benzene rings is 1. The third kappa shape index (κ3) is 3.14. The van der Waals surface area contributed by atoms with Gasteiger partial charge in [0, 0.05) is 26.1 Å². The van der Waals surface area contributed by atoms with Crippen molar-refractivity contribution in [3.05, 3.63) is 42.0 Å². The number of rotatable bonds is 3. The normalized spacial score (nSPS) is 28.4. The molecule has 1 aliphatic carbocycles. The van der Waals surface area contributed by atoms with Crippen molar-refractivity contribution in [2.75, 3.05) is 11.4 Å². The summed E-state index contributed by atoms with van der Waals surface area (Å²) >= 11 is 0. The molecule has 0 unspecified atom stereocenters. The van der Waals surface area contributed by atoms with Crippen LogP contribution < -0.4 is 4.90 Å². The van der Waals surface area contributed by atoms with E-state index in [0.29, 0.717) is 0 Å². The number of hydrogen-bond donors (Lipinski definition) is 1. The first-order chi connectivity index (χ1) is 11.5. The highest BCUT2D eigenvalue weighted by molar-refractivity contribution is 5.68. The molecule has 3 rings (SSSR count). The van der Waals surface area contributed by atoms with E-state index in [4.69, 9.17) is 9.47 Å². The molecule has 0 bridgehead atoms. The highest BCUT2D eigenvalue weighted by atomic mass is 16.6. The van der Waals surface area contributed by atoms with Gasteiger partial charge in [-0.15, -0.1) is 0 Å². The van der Waals surface area contributed by atoms with Crippen LogP contribution in [0.1, 0.15) is 19.4 Å². The van der Waals surface area contributed by atoms with Gasteiger partial charge in [0.15, 0.2) is 6.10 Å². The van der Waals surface area contributed by atoms with Crippen LogP contribution in [0.4, 0.5) is 5.69 Å². The number of aliphatic hydroxyl groups is 1. The number of aliphatic hydroxyl groups excluding tert-OH is 1. The van der Waals surface area contributed by atoms with Crippen LogP contribution in [0.25, 0.3) is 0 Å². The fraction of sp³-hybridized carbons (Fsp3) is 0.444. The van der Waals surface area contributed by atoms with Crippen molar-refractivity contribution in [1.82, 2.24) is 0 Å². The van der Waals surface area contributed by atoms with Gasteiger partial charge >= 0.3 is 11.9 Å². The zero-order valence-corrected chi connectivity index (χ0v) is 13.7. The lowest BCUT2D eigenvalue weighted by Crippen LogP contribution is -2.55. The molecule has 1 aliphatic heterocycles. The van der Waals surface area contributed by atoms with Crippen molar-refractivity contribution >= 4 is 17.6 Å². The fourth-order valence-electron chi connectivity index (χ4n) is 3.42. The van der Waals surface area contributed by atoms with Crippen molar-refractivity contribution in [3.63, 3.8) is 0 Å². The van der Waals surface area contributed by atoms with Crippen LogP contribution >= 0.6 is 0 Å². The van der Waals surface area contributed by atoms with E-state index in [-0.39, 0.29) is 6.04 Å². The lowest BCUT2D eigenvalue weighted by atomic mass is 9.92. The van der Waals surface area contributed by atoms with Gasteiger partial charge in [0.2, 0.25) is 0 Å². The first-order valence-electron chi connectivity index (χ1n) is 8.03. The summed E-state index contributed by atoms with van der Waals surface area (Å²) in [5.41, 5.74) is 2.30. The molecule has 0 amide bonds. The monoisotopic (exact) mass is 331 g/mol. The Morgan fingerprint density at radius 1 is 1.12 bits per heavy atom. The van der Waals surface area contributed by atoms with Gasteiger partial charge in [-0.25, -0.2) is 0 Å². The molecule has 1 aromatic carbocycles. The number of anilines is 1. The smallest absolute Gasteiger partial charge is 0.303 e. The quantitative estimate of drug-likeness (QED) is 0.663. The molecule has 6 nitrogen and oxygen atoms in total. The van der Waals surface area contributed by atoms with Crippen molar-refractivity contribution < 1.29 is 24.2 Å². The number of nitrogens with zero attached hydrogens (tertiary/aromatic N) is 1. The topological polar surface area (TPSA) is 76.1 Å². The van der Waals surface area contributed by atoms with Crippen molar-refractivity contribution in [2.45, 2.75) is 44.6 Å². The molecule has 128 valence electrons. The summed E-state index contributed by atoms with van der Waals surface area (Å²) in [5.74, 6) is -0.969. The summed E-state index contributed by atoms with van der Waals surface area (Å²) in [6, 6.07) is 7.74. The molecule has 0 fully saturated rings. The molecule has 0 aromatic heterocycles. The van der Waals surface area contributed by atoms with Gasteiger partial charge in [-0.1, -0.05) is 24.3 Å². The molecule has 1 aromatic rings. The Labute approximate surface area is 140 Å². The maximum absolute atomic E-state index is 11.5. The lowest BCUT2D eigenvalue weighted by Gasteiger charge is -2.40. The van der Waals surface area contributed by atoms with E-state index in [1.165, 1.54) is 19.4 Å². The zero-order chi connectivity index (χ0) is 17.3. The van der Waals surface area contributed by atoms with Crippen LogP contribution in [-0.4, -0.2) is 47.9 Å². The molecule has 0 saturated carbocycles. The Morgan fingerprint density at radius 2 is 1.83 bits per heavy atom. The number of carbonyl (C=O) groups excluding carboxylic acids is 2. The number of carbonyl (C=O) groups is 2. The van der Waals surface area contributed by atoms with E-state index in [9.17, 15) is 14.7 Å². The molecule has 1 N–H and O–H groups in total. The van der Waals surface area contributed by atoms with Crippen molar-refractivity contribution in [1.29, 1.82) is 0 Å². The highest BCUT2D eigenvalue weighted by Gasteiger charge is 2.43. The number of fused-ring (bicyclic) bond motifs is 1. The maximum Gasteiger partial charge on any atom is 0.303 e. The van der Waals surface area contributed by atoms with Gasteiger partial charge < -0.3 is 19.5 Å². The zero-order valence-electron chi connectivity index (χ0n) is 13.7. The first kappa shape index (κ1) is 16.5. The first-order valence-corrected chi connectivity index (χ1v) is 8.03. The van der Waals surface area contributed by atoms with Crippen LogP contribution in [-0.2, 0) is 25.5 Å². The van der Waals surface area contributed by atoms with E-state index in [0.717, 1.165) is 18.7 Å². The third-order valence-electron chi connectivity index (χ3n) is 4.39. The Bertz CT molecular complexity index is 671. The van der Waals surface area contributed by atoms with E-state index >= 15 is 0 Å². The van der Waals surface area contributed by atoms with Gasteiger partial charge in [-0.3, -0.25) is 9.59 Å². The Morgan fingerprint density at radius 3 is 2.54 bits per heavy atom. The van der Waals surface area contributed by atoms with Crippen LogP contribution in [0, 0.1) is 0 Å². The Balaban J connectivity index is 1.90. The molecule has 24 heavy (non-hydrogen) atoms. The standard InChI is InChI=1S/C18H21NO5/c1-11(20)23-16-8-7-15(18(17(16)22)24-12(2)21)19-10-9-13-5-3-4-6-14(13)19/h3-8,15-18,22H,9-10H2,1-2H3/t15-,16-,17+,18+/m1/s1. The predicted molar refractivity (Wildman–Crippen MR) is 87.5 cm³/mol. The Kier molecular flexibility index (Phi) is 4.57. The second-order valence-electron chi connectivity index (χ2n) is 6.09. The van der Waals surface area contributed by atoms with Crippen LogP contribution in [0.2, 0.25) is 0 Å². The largest absolute Gasteiger partial charge is 0.457 e. The number of ether oxygens (including phenoxy) is 2. The second kappa shape index (κ2) is 6.65. The third-order valence-corrected chi connectivity index (χ3v) is 4.39. The fourth-order valence-corrected chi connectivity index (χ4v) is 3.42. The average molecular weight is 331 g/mol. The molecule has 0 saturated heterocycles. The molecule has 1 heterocycles. The SMILES string of the molecule is CC(=O)O[C@@H]1[C@@H](O)[C@H](OC(C)=O)C=C[C@H]1N1CCc2ccccc21. The predicted octanol–water partition coefficient (Wildman–Crippen LogP) is 1.21. The molecular formula is C18H21NO5. The second-order valence-corrected chi connectivity index (χ2v) is 6.09. The molecule has 2 aliphatic rings. The number of hydrogen-bond acceptors (Lipinski definition) is 6. The molecular weight excluding hydrogens is 310 g/mol. The molecule has 4 atom stereocenters. The van der Waals surface area contributed by atoms with E-state index < -0.39 is 30.3 Å². The molecule has 0 spiro atoms. The summed E-state index contributed by atoms with van der Waals surface area (Å²) < 4.78 is 10.5. The van der Waals surface area contributed by atoms with Gasteiger partial charge in [0.1, 0.15) is 12.2 Å². The lowest BCUT2D eigenvalue weighted by molar-refractivity contribution is -0.165. The minimum absolute atomic E-state index is 0.306. The molecule has 6 heteroatoms. The summed E-state index contributed by atoms with van der Waals surface area (Å²) in [7, 11) is 0. The van der Waals surface area contributed by atoms with Crippen LogP contribution in [0.3, 0.4) is 0 Å². The minimum atomic E-state index is -1.11. The van der Waals surface area contributed by atoms with Crippen LogP contribution in [0.5, 0.6) is 0 Å². The Hall–Kier alpha value is -2.34. The summed E-state index contributed by atoms with van der Waals surface area (Å²) in [5, 5.41) is 10.6. The van der Waals surface area contributed by atoms with Gasteiger partial charge in [-0.2, -0.15) is 0 Å². The van der Waals surface area contributed by atoms with Crippen molar-refractivity contribution in [2.24, 2.45) is 0 Å². The summed E-state index contributed by atoms with van der Waals surface area (Å²) in [6.45, 7) is 3.36. The number of para-hydroxylation sites is 1. The highest BCUT2D eigenvalue weighted by Crippen LogP contribution is 2.34. The van der Waals surface area contributed by atoms with E-state index in [2.05, 4.69) is 11.0 Å². The summed E-state index contributed by atoms with van der Waals surface area (Å²) in [4.78, 5) is 24.8. The maximum atomic E-state index is 11.5. The van der Waals surface area contributed by atoms with E-state index in [1.54, 1.807) is 6.08 Å². The van der Waals surface area contributed by atoms with Crippen molar-refractivity contribution in [3.8, 4) is 0 Å². The minimum Gasteiger partial charge on any atom is -0.457 e. The van der Waals surface area contributed by atoms with E-state index in [1.807, 2.05) is 24.3 Å². The average Bonchev–Trinajstić information content (AvgIpc) is 2.94. The van der Waals surface area contributed by atoms with Crippen LogP contribution in [0.15, 0.2) is 36.4 Å². The van der Waals surface area contributed by atoms with Gasteiger partial charge in [-0.05, 0) is 24.1 Å². The van der Waals surface area contributed by atoms with Gasteiger partial charge in [0.25, 0.3) is 0 Å². The summed E-state index contributed by atoms with van der Waals surface area (Å²) in [6.07, 6.45) is 1.68.